The number of carbonyl (C=O) groups excluding carboxylic acids is 2. The molecule has 1 N–H and O–H groups in total. The van der Waals surface area contributed by atoms with E-state index in [1.807, 2.05) is 13.8 Å². The van der Waals surface area contributed by atoms with Gasteiger partial charge in [-0.3, -0.25) is 9.48 Å². The van der Waals surface area contributed by atoms with Gasteiger partial charge in [-0.05, 0) is 51.9 Å². The Labute approximate surface area is 170 Å². The Morgan fingerprint density at radius 2 is 1.90 bits per heavy atom. The van der Waals surface area contributed by atoms with Gasteiger partial charge in [-0.25, -0.2) is 13.2 Å². The molecule has 1 saturated carbocycles. The van der Waals surface area contributed by atoms with Crippen molar-refractivity contribution in [3.8, 4) is 0 Å². The smallest absolute Gasteiger partial charge is 0.321 e. The van der Waals surface area contributed by atoms with Gasteiger partial charge < -0.3 is 5.32 Å². The monoisotopic (exact) mass is 421 g/mol. The number of nitrogens with zero attached hydrogens (tertiary/aromatic N) is 4. The Kier molecular flexibility index (Phi) is 4.79. The van der Waals surface area contributed by atoms with Crippen LogP contribution in [-0.4, -0.2) is 58.4 Å². The van der Waals surface area contributed by atoms with Gasteiger partial charge in [0.2, 0.25) is 0 Å². The SMILES string of the molecule is Cc1nn([C@H]2CCS(=O)(=O)C2)c(C)c1/C=N\N1C(=O)NC2(CCC(C)CC2)C1=O. The van der Waals surface area contributed by atoms with Gasteiger partial charge in [0.15, 0.2) is 9.84 Å². The number of hydrogen-bond acceptors (Lipinski definition) is 6. The predicted molar refractivity (Wildman–Crippen MR) is 107 cm³/mol. The van der Waals surface area contributed by atoms with Crippen LogP contribution >= 0.6 is 0 Å². The lowest BCUT2D eigenvalue weighted by Crippen LogP contribution is -2.49. The number of nitrogens with one attached hydrogen (secondary N) is 1. The van der Waals surface area contributed by atoms with Crippen LogP contribution in [-0.2, 0) is 14.6 Å². The number of rotatable bonds is 3. The van der Waals surface area contributed by atoms with Crippen LogP contribution in [0.15, 0.2) is 5.10 Å². The first-order valence-corrected chi connectivity index (χ1v) is 11.9. The molecule has 1 aromatic rings. The van der Waals surface area contributed by atoms with Crippen molar-refractivity contribution in [2.24, 2.45) is 11.0 Å². The zero-order valence-corrected chi connectivity index (χ0v) is 17.8. The summed E-state index contributed by atoms with van der Waals surface area (Å²) in [4.78, 5) is 25.3. The van der Waals surface area contributed by atoms with Crippen LogP contribution in [0.3, 0.4) is 0 Å². The number of amides is 3. The average Bonchev–Trinajstić information content (AvgIpc) is 3.23. The molecular formula is C19H27N5O4S. The second-order valence-corrected chi connectivity index (χ2v) is 10.9. The zero-order valence-electron chi connectivity index (χ0n) is 17.0. The number of urea groups is 1. The summed E-state index contributed by atoms with van der Waals surface area (Å²) in [5.41, 5.74) is 1.34. The third-order valence-electron chi connectivity index (χ3n) is 6.51. The number of sulfone groups is 1. The van der Waals surface area contributed by atoms with Crippen LogP contribution in [0.1, 0.15) is 62.0 Å². The van der Waals surface area contributed by atoms with Crippen LogP contribution in [0.4, 0.5) is 4.79 Å². The minimum Gasteiger partial charge on any atom is -0.321 e. The number of hydrogen-bond donors (Lipinski definition) is 1. The molecule has 1 spiro atoms. The molecule has 4 rings (SSSR count). The Bertz CT molecular complexity index is 988. The van der Waals surface area contributed by atoms with E-state index in [-0.39, 0.29) is 23.5 Å². The van der Waals surface area contributed by atoms with Gasteiger partial charge in [0.25, 0.3) is 5.91 Å². The van der Waals surface area contributed by atoms with Crippen LogP contribution in [0.25, 0.3) is 0 Å². The maximum atomic E-state index is 12.9. The second kappa shape index (κ2) is 6.93. The van der Waals surface area contributed by atoms with E-state index in [0.717, 1.165) is 23.5 Å². The number of carbonyl (C=O) groups is 2. The molecule has 1 atom stereocenters. The van der Waals surface area contributed by atoms with Gasteiger partial charge in [0, 0.05) is 11.3 Å². The lowest BCUT2D eigenvalue weighted by molar-refractivity contribution is -0.132. The van der Waals surface area contributed by atoms with Crippen molar-refractivity contribution in [3.05, 3.63) is 17.0 Å². The van der Waals surface area contributed by atoms with Crippen LogP contribution < -0.4 is 5.32 Å². The van der Waals surface area contributed by atoms with Gasteiger partial charge >= 0.3 is 6.03 Å². The summed E-state index contributed by atoms with van der Waals surface area (Å²) in [6, 6.07) is -0.685. The first-order chi connectivity index (χ1) is 13.6. The molecule has 0 aromatic carbocycles. The van der Waals surface area contributed by atoms with Gasteiger partial charge in [0.05, 0.1) is 29.5 Å². The molecule has 3 fully saturated rings. The molecule has 2 saturated heterocycles. The highest BCUT2D eigenvalue weighted by Gasteiger charge is 2.52. The van der Waals surface area contributed by atoms with E-state index in [9.17, 15) is 18.0 Å². The normalized spacial score (nSPS) is 31.9. The third-order valence-corrected chi connectivity index (χ3v) is 8.26. The number of imide groups is 1. The van der Waals surface area contributed by atoms with Crippen molar-refractivity contribution < 1.29 is 18.0 Å². The highest BCUT2D eigenvalue weighted by Crippen LogP contribution is 2.36. The molecule has 3 amide bonds. The van der Waals surface area contributed by atoms with Gasteiger partial charge in [-0.2, -0.15) is 10.2 Å². The summed E-state index contributed by atoms with van der Waals surface area (Å²) >= 11 is 0. The van der Waals surface area contributed by atoms with Gasteiger partial charge in [-0.1, -0.05) is 6.92 Å². The van der Waals surface area contributed by atoms with E-state index in [4.69, 9.17) is 0 Å². The molecule has 0 radical (unpaired) electrons. The van der Waals surface area contributed by atoms with Crippen molar-refractivity contribution in [2.45, 2.75) is 64.5 Å². The average molecular weight is 422 g/mol. The maximum Gasteiger partial charge on any atom is 0.346 e. The molecule has 0 bridgehead atoms. The fraction of sp³-hybridized carbons (Fsp3) is 0.684. The largest absolute Gasteiger partial charge is 0.346 e. The number of aromatic nitrogens is 2. The van der Waals surface area contributed by atoms with Crippen LogP contribution in [0.5, 0.6) is 0 Å². The molecule has 1 aliphatic carbocycles. The topological polar surface area (TPSA) is 114 Å². The molecule has 1 aromatic heterocycles. The van der Waals surface area contributed by atoms with Crippen molar-refractivity contribution in [1.29, 1.82) is 0 Å². The molecule has 0 unspecified atom stereocenters. The summed E-state index contributed by atoms with van der Waals surface area (Å²) in [5, 5.41) is 12.5. The van der Waals surface area contributed by atoms with Crippen molar-refractivity contribution in [3.63, 3.8) is 0 Å². The Balaban J connectivity index is 1.55. The summed E-state index contributed by atoms with van der Waals surface area (Å²) in [5.74, 6) is 0.510. The lowest BCUT2D eigenvalue weighted by Gasteiger charge is -2.33. The molecule has 3 heterocycles. The zero-order chi connectivity index (χ0) is 21.0. The summed E-state index contributed by atoms with van der Waals surface area (Å²) in [6.45, 7) is 5.81. The molecule has 9 nitrogen and oxygen atoms in total. The fourth-order valence-corrected chi connectivity index (χ4v) is 6.30. The van der Waals surface area contributed by atoms with Crippen LogP contribution in [0.2, 0.25) is 0 Å². The standard InChI is InChI=1S/C19H27N5O4S/c1-12-4-7-19(8-5-12)17(25)24(18(26)21-19)20-10-16-13(2)22-23(14(16)3)15-6-9-29(27,28)11-15/h10,12,15H,4-9,11H2,1-3H3,(H,21,26)/b20-10-/t12?,15-,19?/m0/s1. The molecule has 29 heavy (non-hydrogen) atoms. The van der Waals surface area contributed by atoms with E-state index >= 15 is 0 Å². The van der Waals surface area contributed by atoms with E-state index in [2.05, 4.69) is 22.4 Å². The predicted octanol–water partition coefficient (Wildman–Crippen LogP) is 1.69. The summed E-state index contributed by atoms with van der Waals surface area (Å²) in [7, 11) is -3.02. The van der Waals surface area contributed by atoms with Crippen molar-refractivity contribution >= 4 is 28.0 Å². The number of aryl methyl sites for hydroxylation is 1. The molecule has 3 aliphatic rings. The van der Waals surface area contributed by atoms with Crippen LogP contribution in [0, 0.1) is 19.8 Å². The third kappa shape index (κ3) is 3.47. The first kappa shape index (κ1) is 20.1. The van der Waals surface area contributed by atoms with Crippen molar-refractivity contribution in [1.82, 2.24) is 20.1 Å². The van der Waals surface area contributed by atoms with Crippen molar-refractivity contribution in [2.75, 3.05) is 11.5 Å². The molecular weight excluding hydrogens is 394 g/mol. The van der Waals surface area contributed by atoms with Gasteiger partial charge in [-0.15, -0.1) is 5.01 Å². The van der Waals surface area contributed by atoms with E-state index in [1.54, 1.807) is 4.68 Å². The Morgan fingerprint density at radius 3 is 2.52 bits per heavy atom. The fourth-order valence-electron chi connectivity index (χ4n) is 4.61. The molecule has 158 valence electrons. The quantitative estimate of drug-likeness (QED) is 0.589. The number of hydrazone groups is 1. The minimum atomic E-state index is -3.02. The summed E-state index contributed by atoms with van der Waals surface area (Å²) in [6.07, 6.45) is 5.10. The highest BCUT2D eigenvalue weighted by atomic mass is 32.2. The first-order valence-electron chi connectivity index (χ1n) is 10.1. The highest BCUT2D eigenvalue weighted by molar-refractivity contribution is 7.91. The van der Waals surface area contributed by atoms with E-state index in [1.165, 1.54) is 6.21 Å². The van der Waals surface area contributed by atoms with Gasteiger partial charge in [0.1, 0.15) is 5.54 Å². The second-order valence-electron chi connectivity index (χ2n) is 8.64. The molecule has 10 heteroatoms. The molecule has 2 aliphatic heterocycles. The van der Waals surface area contributed by atoms with E-state index in [0.29, 0.717) is 36.4 Å². The lowest BCUT2D eigenvalue weighted by atomic mass is 9.77. The Morgan fingerprint density at radius 1 is 1.21 bits per heavy atom. The summed E-state index contributed by atoms with van der Waals surface area (Å²) < 4.78 is 25.3. The maximum absolute atomic E-state index is 12.9. The Hall–Kier alpha value is -2.23. The van der Waals surface area contributed by atoms with E-state index < -0.39 is 21.4 Å². The minimum absolute atomic E-state index is 0.0828.